The van der Waals surface area contributed by atoms with Gasteiger partial charge in [0.05, 0.1) is 5.75 Å². The Morgan fingerprint density at radius 1 is 1.38 bits per heavy atom. The maximum Gasteiger partial charge on any atom is 0.329 e. The van der Waals surface area contributed by atoms with E-state index < -0.39 is 17.0 Å². The zero-order valence-corrected chi connectivity index (χ0v) is 14.6. The normalized spacial score (nSPS) is 11.2. The van der Waals surface area contributed by atoms with E-state index in [-0.39, 0.29) is 23.1 Å². The molecule has 0 amide bonds. The Kier molecular flexibility index (Phi) is 5.60. The molecule has 0 aliphatic rings. The average molecular weight is 352 g/mol. The first-order chi connectivity index (χ1) is 11.3. The summed E-state index contributed by atoms with van der Waals surface area (Å²) in [7, 11) is 0. The summed E-state index contributed by atoms with van der Waals surface area (Å²) < 4.78 is 1.20. The summed E-state index contributed by atoms with van der Waals surface area (Å²) >= 11 is 1.10. The van der Waals surface area contributed by atoms with Crippen molar-refractivity contribution in [3.05, 3.63) is 32.2 Å². The maximum atomic E-state index is 12.4. The van der Waals surface area contributed by atoms with E-state index >= 15 is 0 Å². The molecule has 2 rings (SSSR count). The van der Waals surface area contributed by atoms with E-state index in [1.165, 1.54) is 4.57 Å². The summed E-state index contributed by atoms with van der Waals surface area (Å²) in [6, 6.07) is 0. The molecule has 0 bridgehead atoms. The van der Waals surface area contributed by atoms with E-state index in [4.69, 9.17) is 5.73 Å². The molecule has 0 aromatic carbocycles. The topological polar surface area (TPSA) is 140 Å². The monoisotopic (exact) mass is 352 g/mol. The van der Waals surface area contributed by atoms with Crippen LogP contribution in [0.25, 0.3) is 0 Å². The molecule has 10 heteroatoms. The Morgan fingerprint density at radius 3 is 2.67 bits per heavy atom. The summed E-state index contributed by atoms with van der Waals surface area (Å²) in [5, 5.41) is 7.23. The van der Waals surface area contributed by atoms with Crippen molar-refractivity contribution in [3.8, 4) is 0 Å². The number of H-pyrrole nitrogens is 2. The van der Waals surface area contributed by atoms with Gasteiger partial charge in [-0.3, -0.25) is 24.2 Å². The highest BCUT2D eigenvalue weighted by Gasteiger charge is 2.20. The predicted octanol–water partition coefficient (Wildman–Crippen LogP) is 0.745. The van der Waals surface area contributed by atoms with Gasteiger partial charge in [0.15, 0.2) is 5.78 Å². The molecule has 24 heavy (non-hydrogen) atoms. The van der Waals surface area contributed by atoms with Crippen molar-refractivity contribution in [2.75, 3.05) is 11.5 Å². The van der Waals surface area contributed by atoms with Gasteiger partial charge in [0.2, 0.25) is 5.16 Å². The summed E-state index contributed by atoms with van der Waals surface area (Å²) in [5.74, 6) is 0.290. The van der Waals surface area contributed by atoms with Crippen LogP contribution in [0.4, 0.5) is 5.82 Å². The zero-order chi connectivity index (χ0) is 17.9. The number of Topliss-reactive ketones (excluding diaryl/α,β-unsaturated/α-hetero) is 1. The number of aromatic nitrogens is 5. The number of hydrogen-bond donors (Lipinski definition) is 3. The van der Waals surface area contributed by atoms with Crippen molar-refractivity contribution < 1.29 is 4.79 Å². The van der Waals surface area contributed by atoms with E-state index in [9.17, 15) is 14.4 Å². The Labute approximate surface area is 142 Å². The molecule has 0 spiro atoms. The molecule has 0 saturated heterocycles. The molecule has 130 valence electrons. The van der Waals surface area contributed by atoms with Gasteiger partial charge in [-0.15, -0.1) is 5.10 Å². The van der Waals surface area contributed by atoms with Gasteiger partial charge in [0.1, 0.15) is 17.2 Å². The minimum atomic E-state index is -0.770. The average Bonchev–Trinajstić information content (AvgIpc) is 2.98. The standard InChI is InChI=1S/C14H20N6O3S/c1-4-5-20-10(15)9(12(22)17-14(20)23)8(21)6-24-13-16-11(7(2)3)18-19-13/h7H,4-6,15H2,1-3H3,(H,16,18,19)(H,17,22,23). The van der Waals surface area contributed by atoms with Crippen LogP contribution in [-0.2, 0) is 6.54 Å². The largest absolute Gasteiger partial charge is 0.384 e. The molecule has 0 aliphatic carbocycles. The lowest BCUT2D eigenvalue weighted by atomic mass is 10.2. The fourth-order valence-electron chi connectivity index (χ4n) is 2.09. The fraction of sp³-hybridized carbons (Fsp3) is 0.500. The highest BCUT2D eigenvalue weighted by atomic mass is 32.2. The number of anilines is 1. The van der Waals surface area contributed by atoms with Crippen LogP contribution in [0.2, 0.25) is 0 Å². The Morgan fingerprint density at radius 2 is 2.08 bits per heavy atom. The van der Waals surface area contributed by atoms with E-state index in [1.54, 1.807) is 0 Å². The smallest absolute Gasteiger partial charge is 0.329 e. The summed E-state index contributed by atoms with van der Waals surface area (Å²) in [6.45, 7) is 6.13. The highest BCUT2D eigenvalue weighted by molar-refractivity contribution is 7.99. The second-order valence-electron chi connectivity index (χ2n) is 5.54. The number of nitrogen functional groups attached to an aromatic ring is 1. The van der Waals surface area contributed by atoms with Gasteiger partial charge < -0.3 is 5.73 Å². The fourth-order valence-corrected chi connectivity index (χ4v) is 2.76. The summed E-state index contributed by atoms with van der Waals surface area (Å²) in [6.07, 6.45) is 0.647. The Balaban J connectivity index is 2.21. The molecule has 0 atom stereocenters. The first-order valence-corrected chi connectivity index (χ1v) is 8.54. The van der Waals surface area contributed by atoms with Crippen molar-refractivity contribution in [1.29, 1.82) is 0 Å². The number of carbonyl (C=O) groups excluding carboxylic acids is 1. The number of nitrogens with two attached hydrogens (primary N) is 1. The zero-order valence-electron chi connectivity index (χ0n) is 13.8. The molecule has 0 aliphatic heterocycles. The van der Waals surface area contributed by atoms with Crippen molar-refractivity contribution in [3.63, 3.8) is 0 Å². The second kappa shape index (κ2) is 7.47. The number of hydrogen-bond acceptors (Lipinski definition) is 7. The van der Waals surface area contributed by atoms with Gasteiger partial charge in [0, 0.05) is 12.5 Å². The first kappa shape index (κ1) is 18.0. The van der Waals surface area contributed by atoms with Crippen molar-refractivity contribution in [2.45, 2.75) is 44.8 Å². The quantitative estimate of drug-likeness (QED) is 0.493. The number of aromatic amines is 2. The first-order valence-electron chi connectivity index (χ1n) is 7.56. The summed E-state index contributed by atoms with van der Waals surface area (Å²) in [5.41, 5.74) is 4.28. The van der Waals surface area contributed by atoms with Crippen LogP contribution in [0.15, 0.2) is 14.7 Å². The van der Waals surface area contributed by atoms with Gasteiger partial charge in [-0.1, -0.05) is 32.5 Å². The molecule has 9 nitrogen and oxygen atoms in total. The van der Waals surface area contributed by atoms with Gasteiger partial charge >= 0.3 is 5.69 Å². The lowest BCUT2D eigenvalue weighted by Crippen LogP contribution is -2.36. The molecule has 2 aromatic heterocycles. The van der Waals surface area contributed by atoms with Crippen LogP contribution >= 0.6 is 11.8 Å². The van der Waals surface area contributed by atoms with Crippen LogP contribution in [0.1, 0.15) is 49.3 Å². The molecule has 0 saturated carbocycles. The lowest BCUT2D eigenvalue weighted by molar-refractivity contribution is 0.102. The van der Waals surface area contributed by atoms with Crippen LogP contribution < -0.4 is 17.0 Å². The number of nitrogens with one attached hydrogen (secondary N) is 2. The highest BCUT2D eigenvalue weighted by Crippen LogP contribution is 2.18. The number of carbonyl (C=O) groups is 1. The SMILES string of the molecule is CCCn1c(N)c(C(=O)CSc2n[nH]c(C(C)C)n2)c(=O)[nH]c1=O. The van der Waals surface area contributed by atoms with Crippen molar-refractivity contribution in [1.82, 2.24) is 24.7 Å². The second-order valence-corrected chi connectivity index (χ2v) is 6.48. The lowest BCUT2D eigenvalue weighted by Gasteiger charge is -2.10. The van der Waals surface area contributed by atoms with Crippen LogP contribution in [0, 0.1) is 0 Å². The third kappa shape index (κ3) is 3.75. The van der Waals surface area contributed by atoms with E-state index in [1.807, 2.05) is 20.8 Å². The van der Waals surface area contributed by atoms with E-state index in [0.29, 0.717) is 18.1 Å². The Hall–Kier alpha value is -2.36. The van der Waals surface area contributed by atoms with Crippen molar-refractivity contribution in [2.24, 2.45) is 0 Å². The third-order valence-corrected chi connectivity index (χ3v) is 4.17. The maximum absolute atomic E-state index is 12.4. The van der Waals surface area contributed by atoms with E-state index in [2.05, 4.69) is 20.2 Å². The number of thioether (sulfide) groups is 1. The van der Waals surface area contributed by atoms with Gasteiger partial charge in [-0.25, -0.2) is 9.78 Å². The Bertz CT molecular complexity index is 851. The van der Waals surface area contributed by atoms with Crippen LogP contribution in [0.5, 0.6) is 0 Å². The molecule has 4 N–H and O–H groups in total. The molecule has 2 aromatic rings. The van der Waals surface area contributed by atoms with Gasteiger partial charge in [-0.05, 0) is 6.42 Å². The summed E-state index contributed by atoms with van der Waals surface area (Å²) in [4.78, 5) is 42.5. The number of nitrogens with zero attached hydrogens (tertiary/aromatic N) is 3. The molecule has 0 unspecified atom stereocenters. The number of rotatable bonds is 7. The third-order valence-electron chi connectivity index (χ3n) is 3.33. The van der Waals surface area contributed by atoms with Crippen LogP contribution in [-0.4, -0.2) is 36.3 Å². The minimum Gasteiger partial charge on any atom is -0.384 e. The number of ketones is 1. The molecular formula is C14H20N6O3S. The van der Waals surface area contributed by atoms with Crippen molar-refractivity contribution >= 4 is 23.4 Å². The van der Waals surface area contributed by atoms with Gasteiger partial charge in [0.25, 0.3) is 5.56 Å². The molecular weight excluding hydrogens is 332 g/mol. The molecule has 0 fully saturated rings. The molecule has 2 heterocycles. The molecule has 0 radical (unpaired) electrons. The van der Waals surface area contributed by atoms with Crippen LogP contribution in [0.3, 0.4) is 0 Å². The van der Waals surface area contributed by atoms with Gasteiger partial charge in [-0.2, -0.15) is 0 Å². The van der Waals surface area contributed by atoms with E-state index in [0.717, 1.165) is 17.6 Å². The minimum absolute atomic E-state index is 0.0486. The predicted molar refractivity (Wildman–Crippen MR) is 91.6 cm³/mol.